The normalized spacial score (nSPS) is 5.43. The molecule has 0 amide bonds. The molecule has 0 aliphatic heterocycles. The van der Waals surface area contributed by atoms with Crippen molar-refractivity contribution < 1.29 is 5.11 Å². The minimum absolute atomic E-state index is 0.222. The van der Waals surface area contributed by atoms with Crippen LogP contribution in [0.4, 0.5) is 0 Å². The number of hydrogen-bond donors (Lipinski definition) is 0. The molecule has 0 heterocycles. The molecule has 0 fully saturated rings. The van der Waals surface area contributed by atoms with Gasteiger partial charge in [0.25, 0.3) is 0 Å². The van der Waals surface area contributed by atoms with Crippen molar-refractivity contribution in [3.05, 3.63) is 11.8 Å². The van der Waals surface area contributed by atoms with E-state index in [1.165, 1.54) is 12.1 Å². The number of hydrogen-bond acceptors (Lipinski definition) is 2. The van der Waals surface area contributed by atoms with Crippen LogP contribution in [0.2, 0.25) is 0 Å². The average Bonchev–Trinajstić information content (AvgIpc) is 1.72. The summed E-state index contributed by atoms with van der Waals surface area (Å²) in [6.45, 7) is 0. The Hall–Kier alpha value is -1.48. The third-order valence-electron chi connectivity index (χ3n) is 0.359. The molecule has 0 atom stereocenters. The van der Waals surface area contributed by atoms with Crippen molar-refractivity contribution >= 4 is 0 Å². The molecule has 0 bridgehead atoms. The van der Waals surface area contributed by atoms with E-state index in [9.17, 15) is 5.11 Å². The summed E-state index contributed by atoms with van der Waals surface area (Å²) in [6, 6.07) is 2.78. The molecule has 33 valence electrons. The molecule has 0 aliphatic rings. The van der Waals surface area contributed by atoms with E-state index >= 15 is 0 Å². The molecule has 0 spiro atoms. The van der Waals surface area contributed by atoms with Gasteiger partial charge >= 0.3 is 0 Å². The topological polar surface area (TPSA) is 67.5 Å². The molecular weight excluding hydrogens is 92.1 g/mol. The second-order valence-electron chi connectivity index (χ2n) is 0.755. The van der Waals surface area contributed by atoms with Gasteiger partial charge in [-0.25, -0.2) is 0 Å². The highest BCUT2D eigenvalue weighted by Gasteiger charge is 1.85. The maximum atomic E-state index is 9.49. The summed E-state index contributed by atoms with van der Waals surface area (Å²) in [5.74, 6) is 0. The van der Waals surface area contributed by atoms with Gasteiger partial charge in [0.05, 0.1) is 0 Å². The van der Waals surface area contributed by atoms with Crippen LogP contribution in [0.1, 0.15) is 0 Å². The molecular formula is C4HN2O. The van der Waals surface area contributed by atoms with E-state index in [-0.39, 0.29) is 11.8 Å². The zero-order valence-corrected chi connectivity index (χ0v) is 3.38. The van der Waals surface area contributed by atoms with Crippen LogP contribution in [0.5, 0.6) is 0 Å². The second kappa shape index (κ2) is 2.74. The van der Waals surface area contributed by atoms with Crippen molar-refractivity contribution in [1.29, 1.82) is 10.5 Å². The predicted molar refractivity (Wildman–Crippen MR) is 20.0 cm³/mol. The van der Waals surface area contributed by atoms with E-state index in [1.54, 1.807) is 0 Å². The summed E-state index contributed by atoms with van der Waals surface area (Å²) >= 11 is 0. The van der Waals surface area contributed by atoms with Gasteiger partial charge in [-0.05, 0) is 0 Å². The first kappa shape index (κ1) is 5.52. The highest BCUT2D eigenvalue weighted by Crippen LogP contribution is 1.82. The SMILES string of the molecule is N#CC(C#N)=C[O]. The fraction of sp³-hybridized carbons (Fsp3) is 0. The maximum Gasteiger partial charge on any atom is 0.171 e. The summed E-state index contributed by atoms with van der Waals surface area (Å²) in [7, 11) is 0. The smallest absolute Gasteiger partial charge is 0.171 e. The lowest BCUT2D eigenvalue weighted by atomic mass is 10.4. The Bertz CT molecular complexity index is 142. The van der Waals surface area contributed by atoms with E-state index < -0.39 is 0 Å². The van der Waals surface area contributed by atoms with E-state index in [0.717, 1.165) is 0 Å². The Morgan fingerprint density at radius 1 is 1.43 bits per heavy atom. The van der Waals surface area contributed by atoms with Crippen LogP contribution in [-0.4, -0.2) is 0 Å². The van der Waals surface area contributed by atoms with Crippen LogP contribution >= 0.6 is 0 Å². The molecule has 0 aromatic heterocycles. The summed E-state index contributed by atoms with van der Waals surface area (Å²) < 4.78 is 0. The van der Waals surface area contributed by atoms with Crippen molar-refractivity contribution in [3.8, 4) is 12.1 Å². The fourth-order valence-corrected chi connectivity index (χ4v) is 0.0777. The van der Waals surface area contributed by atoms with Crippen molar-refractivity contribution in [2.45, 2.75) is 0 Å². The Balaban J connectivity index is 4.03. The lowest BCUT2D eigenvalue weighted by molar-refractivity contribution is 0.350. The van der Waals surface area contributed by atoms with E-state index in [4.69, 9.17) is 10.5 Å². The van der Waals surface area contributed by atoms with Gasteiger partial charge in [-0.1, -0.05) is 0 Å². The molecule has 0 saturated carbocycles. The van der Waals surface area contributed by atoms with Crippen molar-refractivity contribution in [2.24, 2.45) is 0 Å². The number of nitrogens with zero attached hydrogens (tertiary/aromatic N) is 2. The first-order valence-electron chi connectivity index (χ1n) is 1.47. The summed E-state index contributed by atoms with van der Waals surface area (Å²) in [5.41, 5.74) is -0.389. The van der Waals surface area contributed by atoms with Gasteiger partial charge in [0, 0.05) is 0 Å². The zero-order chi connectivity index (χ0) is 5.70. The monoisotopic (exact) mass is 93.0 g/mol. The second-order valence-corrected chi connectivity index (χ2v) is 0.755. The molecule has 1 radical (unpaired) electrons. The summed E-state index contributed by atoms with van der Waals surface area (Å²) in [4.78, 5) is 0. The van der Waals surface area contributed by atoms with Gasteiger partial charge in [0.2, 0.25) is 0 Å². The van der Waals surface area contributed by atoms with E-state index in [1.807, 2.05) is 0 Å². The van der Waals surface area contributed by atoms with Crippen LogP contribution in [0.15, 0.2) is 11.8 Å². The van der Waals surface area contributed by atoms with Crippen molar-refractivity contribution in [1.82, 2.24) is 0 Å². The molecule has 7 heavy (non-hydrogen) atoms. The van der Waals surface area contributed by atoms with Crippen molar-refractivity contribution in [2.75, 3.05) is 0 Å². The van der Waals surface area contributed by atoms with Gasteiger partial charge in [-0.15, -0.1) is 0 Å². The minimum atomic E-state index is -0.389. The molecule has 3 heteroatoms. The molecule has 0 unspecified atom stereocenters. The Morgan fingerprint density at radius 3 is 1.86 bits per heavy atom. The Morgan fingerprint density at radius 2 is 1.86 bits per heavy atom. The van der Waals surface area contributed by atoms with E-state index in [2.05, 4.69) is 0 Å². The van der Waals surface area contributed by atoms with Crippen LogP contribution in [0, 0.1) is 22.7 Å². The Kier molecular flexibility index (Phi) is 2.16. The summed E-state index contributed by atoms with van der Waals surface area (Å²) in [5, 5.41) is 25.1. The molecule has 0 aromatic carbocycles. The van der Waals surface area contributed by atoms with Gasteiger partial charge in [-0.3, -0.25) is 5.11 Å². The summed E-state index contributed by atoms with van der Waals surface area (Å²) in [6.07, 6.45) is 0.222. The molecule has 3 nitrogen and oxygen atoms in total. The number of rotatable bonds is 0. The first-order chi connectivity index (χ1) is 3.35. The first-order valence-corrected chi connectivity index (χ1v) is 1.47. The van der Waals surface area contributed by atoms with Gasteiger partial charge in [0.1, 0.15) is 12.1 Å². The van der Waals surface area contributed by atoms with Crippen LogP contribution < -0.4 is 0 Å². The average molecular weight is 93.1 g/mol. The molecule has 0 rings (SSSR count). The number of nitriles is 2. The maximum absolute atomic E-state index is 9.49. The van der Waals surface area contributed by atoms with Gasteiger partial charge < -0.3 is 0 Å². The highest BCUT2D eigenvalue weighted by atomic mass is 16.2. The highest BCUT2D eigenvalue weighted by molar-refractivity contribution is 5.32. The fourth-order valence-electron chi connectivity index (χ4n) is 0.0777. The predicted octanol–water partition coefficient (Wildman–Crippen LogP) is 0.348. The molecule has 0 aromatic rings. The largest absolute Gasteiger partial charge is 0.296 e. The third kappa shape index (κ3) is 1.40. The molecule has 0 N–H and O–H groups in total. The van der Waals surface area contributed by atoms with Crippen LogP contribution in [0.3, 0.4) is 0 Å². The van der Waals surface area contributed by atoms with Crippen molar-refractivity contribution in [3.63, 3.8) is 0 Å². The minimum Gasteiger partial charge on any atom is -0.296 e. The quantitative estimate of drug-likeness (QED) is 0.320. The Labute approximate surface area is 40.7 Å². The number of allylic oxidation sites excluding steroid dienone is 1. The third-order valence-corrected chi connectivity index (χ3v) is 0.359. The lowest BCUT2D eigenvalue weighted by Gasteiger charge is -1.63. The molecule has 0 saturated heterocycles. The molecule has 0 aliphatic carbocycles. The lowest BCUT2D eigenvalue weighted by Crippen LogP contribution is -1.65. The zero-order valence-electron chi connectivity index (χ0n) is 3.38. The van der Waals surface area contributed by atoms with Gasteiger partial charge in [0.15, 0.2) is 11.8 Å². The van der Waals surface area contributed by atoms with Crippen LogP contribution in [-0.2, 0) is 5.11 Å². The van der Waals surface area contributed by atoms with E-state index in [0.29, 0.717) is 0 Å². The standard InChI is InChI=1S/C4HN2O/c5-1-4(2-6)3-7/h3H. The van der Waals surface area contributed by atoms with Gasteiger partial charge in [-0.2, -0.15) is 10.5 Å². The van der Waals surface area contributed by atoms with Crippen LogP contribution in [0.25, 0.3) is 0 Å².